The molecule has 1 atom stereocenters. The number of aliphatic hydroxyl groups excluding tert-OH is 1. The third-order valence-electron chi connectivity index (χ3n) is 13.1. The molecule has 0 fully saturated rings. The fraction of sp³-hybridized carbons (Fsp3) is 0.836. The summed E-state index contributed by atoms with van der Waals surface area (Å²) in [6.45, 7) is 4.17. The molecule has 0 aromatic rings. The van der Waals surface area contributed by atoms with E-state index in [-0.39, 0.29) is 25.2 Å². The van der Waals surface area contributed by atoms with Crippen LogP contribution in [-0.2, 0) is 19.1 Å². The molecule has 0 amide bonds. The van der Waals surface area contributed by atoms with E-state index in [1.54, 1.807) is 0 Å². The first-order valence-corrected chi connectivity index (χ1v) is 29.2. The van der Waals surface area contributed by atoms with E-state index in [9.17, 15) is 14.7 Å². The Labute approximate surface area is 411 Å². The van der Waals surface area contributed by atoms with Crippen molar-refractivity contribution < 1.29 is 24.2 Å². The summed E-state index contributed by atoms with van der Waals surface area (Å²) in [6, 6.07) is 0. The highest BCUT2D eigenvalue weighted by Gasteiger charge is 2.16. The predicted octanol–water partition coefficient (Wildman–Crippen LogP) is 19.6. The van der Waals surface area contributed by atoms with Crippen molar-refractivity contribution in [1.82, 2.24) is 0 Å². The molecule has 0 saturated carbocycles. The molecule has 0 aromatic heterocycles. The van der Waals surface area contributed by atoms with Crippen LogP contribution in [0.2, 0.25) is 0 Å². The summed E-state index contributed by atoms with van der Waals surface area (Å²) in [4.78, 5) is 24.5. The average Bonchev–Trinajstić information content (AvgIpc) is 3.32. The van der Waals surface area contributed by atoms with Crippen molar-refractivity contribution in [3.8, 4) is 0 Å². The fourth-order valence-electron chi connectivity index (χ4n) is 8.68. The predicted molar refractivity (Wildman–Crippen MR) is 288 cm³/mol. The van der Waals surface area contributed by atoms with Crippen LogP contribution in [0.25, 0.3) is 0 Å². The Bertz CT molecular complexity index is 1090. The van der Waals surface area contributed by atoms with Crippen LogP contribution in [0.15, 0.2) is 48.6 Å². The van der Waals surface area contributed by atoms with Crippen LogP contribution in [0, 0.1) is 0 Å². The van der Waals surface area contributed by atoms with Gasteiger partial charge in [0.05, 0.1) is 6.61 Å². The van der Waals surface area contributed by atoms with Crippen LogP contribution in [0.5, 0.6) is 0 Å². The number of esters is 2. The van der Waals surface area contributed by atoms with Crippen molar-refractivity contribution in [2.24, 2.45) is 0 Å². The second kappa shape index (κ2) is 57.2. The molecule has 0 heterocycles. The summed E-state index contributed by atoms with van der Waals surface area (Å²) in [5, 5.41) is 9.66. The topological polar surface area (TPSA) is 72.8 Å². The molecular formula is C61H112O5. The van der Waals surface area contributed by atoms with Crippen molar-refractivity contribution >= 4 is 11.9 Å². The number of carbonyl (C=O) groups excluding carboxylic acids is 2. The van der Waals surface area contributed by atoms with Gasteiger partial charge in [-0.05, 0) is 77.0 Å². The minimum atomic E-state index is -0.773. The Hall–Kier alpha value is -2.14. The smallest absolute Gasteiger partial charge is 0.306 e. The van der Waals surface area contributed by atoms with Gasteiger partial charge in [-0.25, -0.2) is 0 Å². The van der Waals surface area contributed by atoms with E-state index in [0.29, 0.717) is 12.8 Å². The van der Waals surface area contributed by atoms with Gasteiger partial charge >= 0.3 is 11.9 Å². The van der Waals surface area contributed by atoms with Gasteiger partial charge in [-0.2, -0.15) is 0 Å². The first-order chi connectivity index (χ1) is 32.6. The minimum absolute atomic E-state index is 0.0640. The molecule has 1 N–H and O–H groups in total. The van der Waals surface area contributed by atoms with Crippen molar-refractivity contribution in [2.45, 2.75) is 315 Å². The van der Waals surface area contributed by atoms with Gasteiger partial charge in [0.25, 0.3) is 0 Å². The number of aliphatic hydroxyl groups is 1. The third kappa shape index (κ3) is 54.5. The van der Waals surface area contributed by atoms with Crippen LogP contribution < -0.4 is 0 Å². The minimum Gasteiger partial charge on any atom is -0.462 e. The highest BCUT2D eigenvalue weighted by atomic mass is 16.6. The molecule has 0 aliphatic carbocycles. The lowest BCUT2D eigenvalue weighted by atomic mass is 10.0. The number of unbranched alkanes of at least 4 members (excludes halogenated alkanes) is 38. The molecule has 0 aromatic carbocycles. The maximum atomic E-state index is 12.3. The summed E-state index contributed by atoms with van der Waals surface area (Å²) in [5.74, 6) is -0.579. The standard InChI is InChI=1S/C61H112O5/c1-3-5-7-9-11-13-15-17-19-21-23-25-27-28-29-30-31-32-34-36-38-40-42-44-46-48-50-52-54-56-61(64)66-59(57-62)58-65-60(63)55-53-51-49-47-45-43-41-39-37-35-33-26-24-22-20-18-16-14-12-10-8-6-4-2/h15,17,21-24,27-28,59,62H,3-14,16,18-20,25-26,29-58H2,1-2H3/b17-15-,23-21-,24-22-,28-27-. The number of ether oxygens (including phenoxy) is 2. The molecule has 386 valence electrons. The summed E-state index contributed by atoms with van der Waals surface area (Å²) in [7, 11) is 0. The molecule has 66 heavy (non-hydrogen) atoms. The molecule has 0 rings (SSSR count). The first-order valence-electron chi connectivity index (χ1n) is 29.2. The first kappa shape index (κ1) is 63.9. The maximum absolute atomic E-state index is 12.3. The van der Waals surface area contributed by atoms with Gasteiger partial charge in [0.15, 0.2) is 6.10 Å². The second-order valence-electron chi connectivity index (χ2n) is 19.7. The van der Waals surface area contributed by atoms with E-state index in [1.807, 2.05) is 0 Å². The normalized spacial score (nSPS) is 12.5. The molecule has 0 spiro atoms. The number of rotatable bonds is 54. The monoisotopic (exact) mass is 925 g/mol. The van der Waals surface area contributed by atoms with Gasteiger partial charge in [0.2, 0.25) is 0 Å². The lowest BCUT2D eigenvalue weighted by Gasteiger charge is -2.15. The van der Waals surface area contributed by atoms with Crippen molar-refractivity contribution in [3.05, 3.63) is 48.6 Å². The number of hydrogen-bond donors (Lipinski definition) is 1. The number of allylic oxidation sites excluding steroid dienone is 8. The fourth-order valence-corrected chi connectivity index (χ4v) is 8.68. The third-order valence-corrected chi connectivity index (χ3v) is 13.1. The summed E-state index contributed by atoms with van der Waals surface area (Å²) in [6.07, 6.45) is 75.2. The summed E-state index contributed by atoms with van der Waals surface area (Å²) >= 11 is 0. The van der Waals surface area contributed by atoms with Gasteiger partial charge in [-0.1, -0.05) is 268 Å². The SMILES string of the molecule is CCCCCCC/C=C\C/C=C\C/C=C\CCCCCCCCCCCCCCCCC(=O)OC(CO)COC(=O)CCCCCCCCCCCCC/C=C\CCCCCCCCCC. The highest BCUT2D eigenvalue weighted by molar-refractivity contribution is 5.70. The van der Waals surface area contributed by atoms with Gasteiger partial charge in [0, 0.05) is 12.8 Å². The van der Waals surface area contributed by atoms with Crippen molar-refractivity contribution in [3.63, 3.8) is 0 Å². The average molecular weight is 926 g/mol. The van der Waals surface area contributed by atoms with Gasteiger partial charge in [0.1, 0.15) is 6.61 Å². The molecule has 1 unspecified atom stereocenters. The van der Waals surface area contributed by atoms with Gasteiger partial charge in [-0.15, -0.1) is 0 Å². The zero-order valence-corrected chi connectivity index (χ0v) is 44.2. The Morgan fingerprint density at radius 3 is 0.924 bits per heavy atom. The zero-order chi connectivity index (χ0) is 47.7. The van der Waals surface area contributed by atoms with E-state index >= 15 is 0 Å². The Morgan fingerprint density at radius 2 is 0.606 bits per heavy atom. The van der Waals surface area contributed by atoms with Gasteiger partial charge in [-0.3, -0.25) is 9.59 Å². The summed E-state index contributed by atoms with van der Waals surface area (Å²) < 4.78 is 10.7. The molecule has 0 aliphatic rings. The van der Waals surface area contributed by atoms with E-state index in [0.717, 1.165) is 51.4 Å². The Kier molecular flexibility index (Phi) is 55.3. The molecule has 0 aliphatic heterocycles. The zero-order valence-electron chi connectivity index (χ0n) is 44.2. The number of hydrogen-bond acceptors (Lipinski definition) is 5. The van der Waals surface area contributed by atoms with Crippen molar-refractivity contribution in [1.29, 1.82) is 0 Å². The van der Waals surface area contributed by atoms with Crippen molar-refractivity contribution in [2.75, 3.05) is 13.2 Å². The lowest BCUT2D eigenvalue weighted by molar-refractivity contribution is -0.161. The molecule has 0 bridgehead atoms. The molecule has 5 heteroatoms. The van der Waals surface area contributed by atoms with E-state index in [4.69, 9.17) is 9.47 Å². The van der Waals surface area contributed by atoms with E-state index in [1.165, 1.54) is 231 Å². The second-order valence-corrected chi connectivity index (χ2v) is 19.7. The van der Waals surface area contributed by atoms with E-state index in [2.05, 4.69) is 62.5 Å². The van der Waals surface area contributed by atoms with Gasteiger partial charge < -0.3 is 14.6 Å². The van der Waals surface area contributed by atoms with Crippen LogP contribution in [0.4, 0.5) is 0 Å². The lowest BCUT2D eigenvalue weighted by Crippen LogP contribution is -2.28. The largest absolute Gasteiger partial charge is 0.462 e. The highest BCUT2D eigenvalue weighted by Crippen LogP contribution is 2.17. The molecule has 0 saturated heterocycles. The molecule has 0 radical (unpaired) electrons. The van der Waals surface area contributed by atoms with E-state index < -0.39 is 6.10 Å². The Balaban J connectivity index is 3.46. The quantitative estimate of drug-likeness (QED) is 0.0374. The maximum Gasteiger partial charge on any atom is 0.306 e. The number of carbonyl (C=O) groups is 2. The van der Waals surface area contributed by atoms with Crippen LogP contribution >= 0.6 is 0 Å². The Morgan fingerprint density at radius 1 is 0.348 bits per heavy atom. The van der Waals surface area contributed by atoms with Crippen LogP contribution in [0.1, 0.15) is 309 Å². The van der Waals surface area contributed by atoms with Crippen LogP contribution in [-0.4, -0.2) is 36.4 Å². The summed E-state index contributed by atoms with van der Waals surface area (Å²) in [5.41, 5.74) is 0. The van der Waals surface area contributed by atoms with Crippen LogP contribution in [0.3, 0.4) is 0 Å². The molecular weight excluding hydrogens is 813 g/mol. The molecule has 5 nitrogen and oxygen atoms in total.